The fraction of sp³-hybridized carbons (Fsp3) is 0.545. The van der Waals surface area contributed by atoms with E-state index in [4.69, 9.17) is 0 Å². The van der Waals surface area contributed by atoms with Crippen LogP contribution in [0.3, 0.4) is 0 Å². The number of aromatic nitrogens is 1. The Morgan fingerprint density at radius 3 is 2.40 bits per heavy atom. The number of nitrogens with zero attached hydrogens (tertiary/aromatic N) is 1. The predicted octanol–water partition coefficient (Wildman–Crippen LogP) is 1.03. The molecule has 1 aromatic rings. The SMILES string of the molecule is CNCC(C)C(=O)Nn1c(C)ccc1C. The molecule has 84 valence electrons. The van der Waals surface area contributed by atoms with Crippen molar-refractivity contribution in [1.29, 1.82) is 0 Å². The highest BCUT2D eigenvalue weighted by molar-refractivity contribution is 5.86. The molecule has 1 aromatic heterocycles. The van der Waals surface area contributed by atoms with Crippen molar-refractivity contribution in [1.82, 2.24) is 9.99 Å². The van der Waals surface area contributed by atoms with E-state index in [9.17, 15) is 4.79 Å². The van der Waals surface area contributed by atoms with Gasteiger partial charge in [-0.05, 0) is 33.0 Å². The maximum absolute atomic E-state index is 11.7. The van der Waals surface area contributed by atoms with Gasteiger partial charge in [-0.1, -0.05) is 6.92 Å². The number of nitrogens with one attached hydrogen (secondary N) is 2. The minimum absolute atomic E-state index is 0.0313. The van der Waals surface area contributed by atoms with E-state index < -0.39 is 0 Å². The van der Waals surface area contributed by atoms with E-state index in [0.29, 0.717) is 6.54 Å². The normalized spacial score (nSPS) is 12.5. The van der Waals surface area contributed by atoms with Gasteiger partial charge in [0.1, 0.15) is 0 Å². The fourth-order valence-corrected chi connectivity index (χ4v) is 1.46. The van der Waals surface area contributed by atoms with Gasteiger partial charge in [0, 0.05) is 23.9 Å². The summed E-state index contributed by atoms with van der Waals surface area (Å²) in [7, 11) is 1.84. The largest absolute Gasteiger partial charge is 0.319 e. The van der Waals surface area contributed by atoms with Gasteiger partial charge >= 0.3 is 0 Å². The molecule has 0 saturated carbocycles. The Bertz CT molecular complexity index is 324. The minimum atomic E-state index is -0.0313. The second-order valence-electron chi connectivity index (χ2n) is 3.89. The lowest BCUT2D eigenvalue weighted by Gasteiger charge is -2.15. The summed E-state index contributed by atoms with van der Waals surface area (Å²) in [4.78, 5) is 11.7. The number of hydrogen-bond acceptors (Lipinski definition) is 2. The molecule has 1 heterocycles. The van der Waals surface area contributed by atoms with Gasteiger partial charge in [-0.15, -0.1) is 0 Å². The van der Waals surface area contributed by atoms with E-state index in [2.05, 4.69) is 10.7 Å². The van der Waals surface area contributed by atoms with Crippen molar-refractivity contribution in [2.45, 2.75) is 20.8 Å². The van der Waals surface area contributed by atoms with Crippen molar-refractivity contribution < 1.29 is 4.79 Å². The standard InChI is InChI=1S/C11H19N3O/c1-8(7-12-4)11(15)13-14-9(2)5-6-10(14)3/h5-6,8,12H,7H2,1-4H3,(H,13,15). The molecule has 0 spiro atoms. The Labute approximate surface area is 90.6 Å². The quantitative estimate of drug-likeness (QED) is 0.778. The number of carbonyl (C=O) groups excluding carboxylic acids is 1. The molecular weight excluding hydrogens is 190 g/mol. The molecule has 0 aliphatic rings. The first-order valence-electron chi connectivity index (χ1n) is 5.16. The second-order valence-corrected chi connectivity index (χ2v) is 3.89. The average molecular weight is 209 g/mol. The molecule has 0 radical (unpaired) electrons. The first kappa shape index (κ1) is 11.8. The van der Waals surface area contributed by atoms with Crippen molar-refractivity contribution in [3.05, 3.63) is 23.5 Å². The third-order valence-electron chi connectivity index (χ3n) is 2.45. The van der Waals surface area contributed by atoms with Crippen LogP contribution >= 0.6 is 0 Å². The molecule has 1 atom stereocenters. The first-order valence-corrected chi connectivity index (χ1v) is 5.16. The van der Waals surface area contributed by atoms with Gasteiger partial charge in [-0.3, -0.25) is 14.9 Å². The number of amides is 1. The zero-order valence-corrected chi connectivity index (χ0v) is 9.79. The third-order valence-corrected chi connectivity index (χ3v) is 2.45. The third kappa shape index (κ3) is 2.83. The molecule has 15 heavy (non-hydrogen) atoms. The van der Waals surface area contributed by atoms with Crippen LogP contribution in [-0.2, 0) is 4.79 Å². The van der Waals surface area contributed by atoms with Gasteiger partial charge in [0.15, 0.2) is 0 Å². The molecule has 0 aliphatic carbocycles. The van der Waals surface area contributed by atoms with E-state index in [-0.39, 0.29) is 11.8 Å². The highest BCUT2D eigenvalue weighted by Gasteiger charge is 2.13. The van der Waals surface area contributed by atoms with Gasteiger partial charge in [-0.25, -0.2) is 0 Å². The van der Waals surface area contributed by atoms with Crippen molar-refractivity contribution in [2.24, 2.45) is 5.92 Å². The highest BCUT2D eigenvalue weighted by atomic mass is 16.2. The summed E-state index contributed by atoms with van der Waals surface area (Å²) >= 11 is 0. The monoisotopic (exact) mass is 209 g/mol. The molecule has 0 saturated heterocycles. The van der Waals surface area contributed by atoms with E-state index >= 15 is 0 Å². The lowest BCUT2D eigenvalue weighted by molar-refractivity contribution is -0.120. The highest BCUT2D eigenvalue weighted by Crippen LogP contribution is 2.05. The Balaban J connectivity index is 2.66. The zero-order valence-electron chi connectivity index (χ0n) is 9.79. The van der Waals surface area contributed by atoms with Crippen LogP contribution in [0.25, 0.3) is 0 Å². The molecule has 1 rings (SSSR count). The molecule has 1 amide bonds. The molecule has 2 N–H and O–H groups in total. The summed E-state index contributed by atoms with van der Waals surface area (Å²) in [5.41, 5.74) is 4.96. The predicted molar refractivity (Wildman–Crippen MR) is 61.4 cm³/mol. The van der Waals surface area contributed by atoms with Crippen molar-refractivity contribution in [3.63, 3.8) is 0 Å². The summed E-state index contributed by atoms with van der Waals surface area (Å²) in [6, 6.07) is 3.97. The van der Waals surface area contributed by atoms with Gasteiger partial charge in [-0.2, -0.15) is 0 Å². The van der Waals surface area contributed by atoms with Crippen LogP contribution in [0.15, 0.2) is 12.1 Å². The molecular formula is C11H19N3O. The van der Waals surface area contributed by atoms with E-state index in [1.54, 1.807) is 0 Å². The summed E-state index contributed by atoms with van der Waals surface area (Å²) in [5, 5.41) is 2.99. The van der Waals surface area contributed by atoms with E-state index in [1.807, 2.05) is 44.6 Å². The lowest BCUT2D eigenvalue weighted by atomic mass is 10.2. The van der Waals surface area contributed by atoms with Crippen LogP contribution in [0.4, 0.5) is 0 Å². The van der Waals surface area contributed by atoms with Crippen LogP contribution in [0.2, 0.25) is 0 Å². The summed E-state index contributed by atoms with van der Waals surface area (Å²) in [5.74, 6) is 0.00273. The second kappa shape index (κ2) is 4.98. The van der Waals surface area contributed by atoms with Crippen molar-refractivity contribution in [2.75, 3.05) is 19.0 Å². The smallest absolute Gasteiger partial charge is 0.242 e. The molecule has 1 unspecified atom stereocenters. The van der Waals surface area contributed by atoms with E-state index in [1.165, 1.54) is 0 Å². The molecule has 4 heteroatoms. The maximum Gasteiger partial charge on any atom is 0.242 e. The molecule has 0 aliphatic heterocycles. The Morgan fingerprint density at radius 2 is 1.93 bits per heavy atom. The molecule has 0 fully saturated rings. The molecule has 0 aromatic carbocycles. The fourth-order valence-electron chi connectivity index (χ4n) is 1.46. The maximum atomic E-state index is 11.7. The Hall–Kier alpha value is -1.29. The topological polar surface area (TPSA) is 46.1 Å². The summed E-state index contributed by atoms with van der Waals surface area (Å²) in [6.45, 7) is 6.53. The van der Waals surface area contributed by atoms with Crippen molar-refractivity contribution >= 4 is 5.91 Å². The van der Waals surface area contributed by atoms with Crippen LogP contribution in [0, 0.1) is 19.8 Å². The summed E-state index contributed by atoms with van der Waals surface area (Å²) in [6.07, 6.45) is 0. The zero-order chi connectivity index (χ0) is 11.4. The van der Waals surface area contributed by atoms with Gasteiger partial charge in [0.25, 0.3) is 0 Å². The van der Waals surface area contributed by atoms with Crippen LogP contribution in [0.1, 0.15) is 18.3 Å². The lowest BCUT2D eigenvalue weighted by Crippen LogP contribution is -2.34. The Morgan fingerprint density at radius 1 is 1.40 bits per heavy atom. The number of aryl methyl sites for hydroxylation is 2. The van der Waals surface area contributed by atoms with Crippen molar-refractivity contribution in [3.8, 4) is 0 Å². The number of rotatable bonds is 4. The van der Waals surface area contributed by atoms with Gasteiger partial charge in [0.05, 0.1) is 0 Å². The summed E-state index contributed by atoms with van der Waals surface area (Å²) < 4.78 is 1.81. The van der Waals surface area contributed by atoms with Crippen LogP contribution in [0.5, 0.6) is 0 Å². The Kier molecular flexibility index (Phi) is 3.91. The number of carbonyl (C=O) groups is 1. The molecule has 0 bridgehead atoms. The van der Waals surface area contributed by atoms with E-state index in [0.717, 1.165) is 11.4 Å². The first-order chi connectivity index (χ1) is 7.06. The molecule has 4 nitrogen and oxygen atoms in total. The van der Waals surface area contributed by atoms with Crippen LogP contribution < -0.4 is 10.7 Å². The van der Waals surface area contributed by atoms with Gasteiger partial charge < -0.3 is 5.32 Å². The minimum Gasteiger partial charge on any atom is -0.319 e. The van der Waals surface area contributed by atoms with Crippen LogP contribution in [-0.4, -0.2) is 24.2 Å². The van der Waals surface area contributed by atoms with Gasteiger partial charge in [0.2, 0.25) is 5.91 Å². The average Bonchev–Trinajstić information content (AvgIpc) is 2.49. The number of hydrogen-bond donors (Lipinski definition) is 2.